The number of rotatable bonds is 8. The van der Waals surface area contributed by atoms with Gasteiger partial charge < -0.3 is 19.8 Å². The molecule has 0 aliphatic carbocycles. The average Bonchev–Trinajstić information content (AvgIpc) is 2.32. The van der Waals surface area contributed by atoms with Crippen molar-refractivity contribution in [2.45, 2.75) is 23.2 Å². The van der Waals surface area contributed by atoms with Crippen molar-refractivity contribution in [2.24, 2.45) is 0 Å². The number of carbonyl (C=O) groups is 2. The Kier molecular flexibility index (Phi) is 11.8. The normalized spacial score (nSPS) is 16.0. The van der Waals surface area contributed by atoms with E-state index in [2.05, 4.69) is 0 Å². The molecule has 24 heavy (non-hydrogen) atoms. The Morgan fingerprint density at radius 2 is 1.33 bits per heavy atom. The minimum absolute atomic E-state index is 0. The molecular formula is C8H12Na2O11S3. The molecule has 11 nitrogen and oxygen atoms in total. The van der Waals surface area contributed by atoms with E-state index in [1.165, 1.54) is 0 Å². The van der Waals surface area contributed by atoms with E-state index in [4.69, 9.17) is 4.55 Å². The van der Waals surface area contributed by atoms with Gasteiger partial charge in [-0.3, -0.25) is 4.55 Å². The van der Waals surface area contributed by atoms with Gasteiger partial charge in [0.1, 0.15) is 5.25 Å². The second-order valence-corrected chi connectivity index (χ2v) is 10.7. The summed E-state index contributed by atoms with van der Waals surface area (Å²) < 4.78 is 74.5. The van der Waals surface area contributed by atoms with Gasteiger partial charge in [0.2, 0.25) is 0 Å². The van der Waals surface area contributed by atoms with Gasteiger partial charge in [-0.05, 0) is 0 Å². The predicted octanol–water partition coefficient (Wildman–Crippen LogP) is -10.7. The molecule has 0 aromatic heterocycles. The van der Waals surface area contributed by atoms with Crippen LogP contribution in [0.5, 0.6) is 0 Å². The van der Waals surface area contributed by atoms with Crippen molar-refractivity contribution < 1.29 is 109 Å². The number of carbonyl (C=O) groups excluding carboxylic acids is 2. The van der Waals surface area contributed by atoms with Crippen molar-refractivity contribution in [1.29, 1.82) is 0 Å². The molecular weight excluding hydrogens is 414 g/mol. The molecule has 0 fully saturated rings. The summed E-state index contributed by atoms with van der Waals surface area (Å²) in [7, 11) is -16.9. The first-order chi connectivity index (χ1) is 9.63. The average molecular weight is 426 g/mol. The molecule has 0 rings (SSSR count). The number of hydrogen-bond donors (Lipinski definition) is 1. The summed E-state index contributed by atoms with van der Waals surface area (Å²) in [6.07, 6.45) is 0. The summed E-state index contributed by atoms with van der Waals surface area (Å²) in [5.41, 5.74) is 0. The fraction of sp³-hybridized carbons (Fsp3) is 0.750. The minimum Gasteiger partial charge on any atom is -0.549 e. The van der Waals surface area contributed by atoms with Crippen molar-refractivity contribution in [2.75, 3.05) is 11.5 Å². The maximum atomic E-state index is 11.9. The first-order valence-electron chi connectivity index (χ1n) is 5.46. The van der Waals surface area contributed by atoms with Crippen molar-refractivity contribution >= 4 is 41.7 Å². The number of carboxylic acids is 2. The first-order valence-corrected chi connectivity index (χ1v) is 10.3. The van der Waals surface area contributed by atoms with E-state index < -0.39 is 62.6 Å². The number of hydrogen-bond acceptors (Lipinski definition) is 10. The Morgan fingerprint density at radius 1 is 0.958 bits per heavy atom. The van der Waals surface area contributed by atoms with Gasteiger partial charge in [0.05, 0.1) is 11.9 Å². The molecule has 16 heteroatoms. The molecule has 0 bridgehead atoms. The van der Waals surface area contributed by atoms with E-state index in [-0.39, 0.29) is 59.1 Å². The molecule has 0 heterocycles. The van der Waals surface area contributed by atoms with Crippen LogP contribution in [-0.2, 0) is 39.4 Å². The van der Waals surface area contributed by atoms with Crippen molar-refractivity contribution in [1.82, 2.24) is 0 Å². The van der Waals surface area contributed by atoms with Crippen LogP contribution >= 0.6 is 0 Å². The topological polar surface area (TPSA) is 203 Å². The Morgan fingerprint density at radius 3 is 1.50 bits per heavy atom. The predicted molar refractivity (Wildman–Crippen MR) is 67.0 cm³/mol. The van der Waals surface area contributed by atoms with Gasteiger partial charge in [-0.25, -0.2) is 16.8 Å². The van der Waals surface area contributed by atoms with Crippen LogP contribution in [0.3, 0.4) is 0 Å². The fourth-order valence-corrected chi connectivity index (χ4v) is 7.92. The van der Waals surface area contributed by atoms with E-state index in [1.54, 1.807) is 0 Å². The molecule has 0 saturated carbocycles. The Labute approximate surface area is 183 Å². The van der Waals surface area contributed by atoms with Crippen LogP contribution in [0, 0.1) is 0 Å². The summed E-state index contributed by atoms with van der Waals surface area (Å²) in [5.74, 6) is -8.36. The van der Waals surface area contributed by atoms with Gasteiger partial charge in [-0.1, -0.05) is 13.8 Å². The molecule has 2 unspecified atom stereocenters. The van der Waals surface area contributed by atoms with Crippen LogP contribution in [-0.4, -0.2) is 62.6 Å². The van der Waals surface area contributed by atoms with Gasteiger partial charge >= 0.3 is 59.1 Å². The standard InChI is InChI=1S/C8H14O11S3.2Na/c1-3-20(13,14)5(6(9)10)8(7(11)12,22(17,18)19)21(15,16)4-2;;/h5H,3-4H2,1-2H3,(H,9,10)(H,11,12)(H,17,18,19);;/q;2*+1/p-2. The van der Waals surface area contributed by atoms with Gasteiger partial charge in [-0.2, -0.15) is 8.42 Å². The van der Waals surface area contributed by atoms with Gasteiger partial charge in [0.25, 0.3) is 14.2 Å². The molecule has 0 aromatic carbocycles. The van der Waals surface area contributed by atoms with E-state index in [0.717, 1.165) is 13.8 Å². The fourth-order valence-electron chi connectivity index (χ4n) is 1.72. The molecule has 1 N–H and O–H groups in total. The van der Waals surface area contributed by atoms with E-state index in [0.29, 0.717) is 0 Å². The summed E-state index contributed by atoms with van der Waals surface area (Å²) in [6, 6.07) is 0. The smallest absolute Gasteiger partial charge is 0.549 e. The Balaban J connectivity index is -0.00000220. The van der Waals surface area contributed by atoms with Gasteiger partial charge in [0, 0.05) is 11.5 Å². The number of sulfone groups is 2. The Bertz CT molecular complexity index is 783. The molecule has 0 radical (unpaired) electrons. The van der Waals surface area contributed by atoms with Crippen LogP contribution in [0.1, 0.15) is 13.8 Å². The molecule has 0 aliphatic rings. The number of aliphatic carboxylic acids is 2. The summed E-state index contributed by atoms with van der Waals surface area (Å²) in [5, 5.41) is 18.6. The van der Waals surface area contributed by atoms with E-state index in [1.807, 2.05) is 0 Å². The quantitative estimate of drug-likeness (QED) is 0.285. The Hall–Kier alpha value is 0.750. The molecule has 0 aromatic rings. The van der Waals surface area contributed by atoms with Crippen molar-refractivity contribution in [3.63, 3.8) is 0 Å². The zero-order chi connectivity index (χ0) is 18.1. The molecule has 0 saturated heterocycles. The molecule has 2 atom stereocenters. The first kappa shape index (κ1) is 29.5. The third-order valence-electron chi connectivity index (χ3n) is 2.83. The van der Waals surface area contributed by atoms with Crippen LogP contribution in [0.15, 0.2) is 0 Å². The molecule has 130 valence electrons. The van der Waals surface area contributed by atoms with Crippen LogP contribution in [0.2, 0.25) is 0 Å². The third kappa shape index (κ3) is 4.92. The zero-order valence-corrected chi connectivity index (χ0v) is 19.7. The van der Waals surface area contributed by atoms with E-state index >= 15 is 0 Å². The van der Waals surface area contributed by atoms with Crippen molar-refractivity contribution in [3.8, 4) is 0 Å². The second kappa shape index (κ2) is 9.62. The van der Waals surface area contributed by atoms with Gasteiger partial charge in [-0.15, -0.1) is 0 Å². The van der Waals surface area contributed by atoms with Crippen LogP contribution < -0.4 is 69.3 Å². The largest absolute Gasteiger partial charge is 1.00 e. The van der Waals surface area contributed by atoms with Crippen LogP contribution in [0.4, 0.5) is 0 Å². The zero-order valence-electron chi connectivity index (χ0n) is 13.2. The maximum absolute atomic E-state index is 11.9. The van der Waals surface area contributed by atoms with E-state index in [9.17, 15) is 45.1 Å². The SMILES string of the molecule is CCS(=O)(=O)C(C(=O)[O-])C(C(=O)[O-])(S(=O)(=O)O)S(=O)(=O)CC.[Na+].[Na+]. The number of carboxylic acid groups (broad SMARTS) is 2. The summed E-state index contributed by atoms with van der Waals surface area (Å²) >= 11 is 0. The molecule has 0 aliphatic heterocycles. The van der Waals surface area contributed by atoms with Crippen molar-refractivity contribution in [3.05, 3.63) is 0 Å². The third-order valence-corrected chi connectivity index (χ3v) is 9.85. The minimum atomic E-state index is -6.28. The monoisotopic (exact) mass is 426 g/mol. The summed E-state index contributed by atoms with van der Waals surface area (Å²) in [6.45, 7) is 1.54. The van der Waals surface area contributed by atoms with Gasteiger partial charge in [0.15, 0.2) is 19.7 Å². The second-order valence-electron chi connectivity index (χ2n) is 3.98. The molecule has 0 spiro atoms. The molecule has 0 amide bonds. The summed E-state index contributed by atoms with van der Waals surface area (Å²) in [4.78, 5) is 22.2. The van der Waals surface area contributed by atoms with Crippen LogP contribution in [0.25, 0.3) is 0 Å². The maximum Gasteiger partial charge on any atom is 1.00 e.